The molecule has 0 saturated heterocycles. The first-order chi connectivity index (χ1) is 38.5. The highest BCUT2D eigenvalue weighted by molar-refractivity contribution is 6.20. The molecule has 0 bridgehead atoms. The average molecular weight is 1090 g/mol. The lowest BCUT2D eigenvalue weighted by Crippen LogP contribution is -2.31. The van der Waals surface area contributed by atoms with E-state index in [2.05, 4.69) is 0 Å². The lowest BCUT2D eigenvalue weighted by atomic mass is 9.89. The minimum absolute atomic E-state index is 0.0612. The Kier molecular flexibility index (Phi) is 16.6. The van der Waals surface area contributed by atoms with E-state index in [1.807, 2.05) is 208 Å². The van der Waals surface area contributed by atoms with Crippen LogP contribution in [0.3, 0.4) is 0 Å². The molecule has 0 aromatic heterocycles. The van der Waals surface area contributed by atoms with Gasteiger partial charge in [-0.1, -0.05) is 146 Å². The fourth-order valence-electron chi connectivity index (χ4n) is 10.7. The van der Waals surface area contributed by atoms with Crippen molar-refractivity contribution in [2.24, 2.45) is 0 Å². The van der Waals surface area contributed by atoms with Crippen molar-refractivity contribution in [2.75, 3.05) is 13.2 Å². The van der Waals surface area contributed by atoms with Gasteiger partial charge in [0.1, 0.15) is 30.0 Å². The van der Waals surface area contributed by atoms with Gasteiger partial charge in [-0.3, -0.25) is 14.4 Å². The number of fused-ring (bicyclic) bond motifs is 6. The van der Waals surface area contributed by atoms with E-state index < -0.39 is 71.9 Å². The van der Waals surface area contributed by atoms with Crippen LogP contribution in [0.25, 0.3) is 64.6 Å². The van der Waals surface area contributed by atoms with Crippen LogP contribution < -0.4 is 0 Å². The molecule has 0 aliphatic rings. The van der Waals surface area contributed by atoms with Gasteiger partial charge in [0, 0.05) is 19.3 Å². The number of esters is 6. The zero-order valence-electron chi connectivity index (χ0n) is 47.5. The standard InChI is InChI=1S/C69H68O12/c1-67(2,3)79-64(73)61-52-28-16-10-22-43(52)49(44-23-11-17-29-53(44)61)34-37-58(70)76-40-42(78-60(72)39-36-51-47-26-14-20-32-56(47)63(66(75)81-69(7,8)9)57-33-21-15-27-48(51)57)41-77-59(71)38-35-50-45-24-12-18-30-54(45)62(65(74)80-68(4,5)6)55-31-19-13-25-46(50)55/h10-33,42H,34-41H2,1-9H3. The van der Waals surface area contributed by atoms with Gasteiger partial charge in [-0.15, -0.1) is 0 Å². The van der Waals surface area contributed by atoms with Gasteiger partial charge < -0.3 is 28.4 Å². The lowest BCUT2D eigenvalue weighted by molar-refractivity contribution is -0.166. The minimum Gasteiger partial charge on any atom is -0.462 e. The fraction of sp³-hybridized carbons (Fsp3) is 0.304. The summed E-state index contributed by atoms with van der Waals surface area (Å²) in [7, 11) is 0. The highest BCUT2D eigenvalue weighted by atomic mass is 16.6. The lowest BCUT2D eigenvalue weighted by Gasteiger charge is -2.22. The van der Waals surface area contributed by atoms with Crippen LogP contribution >= 0.6 is 0 Å². The Labute approximate surface area is 471 Å². The summed E-state index contributed by atoms with van der Waals surface area (Å²) in [6.45, 7) is 15.6. The third kappa shape index (κ3) is 13.2. The summed E-state index contributed by atoms with van der Waals surface area (Å²) in [5, 5.41) is 8.90. The van der Waals surface area contributed by atoms with E-state index in [1.165, 1.54) is 0 Å². The molecule has 0 aliphatic heterocycles. The fourth-order valence-corrected chi connectivity index (χ4v) is 10.7. The molecule has 9 rings (SSSR count). The van der Waals surface area contributed by atoms with Gasteiger partial charge in [0.15, 0.2) is 6.10 Å². The van der Waals surface area contributed by atoms with Crippen LogP contribution in [0.2, 0.25) is 0 Å². The van der Waals surface area contributed by atoms with Gasteiger partial charge in [0.05, 0.1) is 16.7 Å². The highest BCUT2D eigenvalue weighted by Gasteiger charge is 2.29. The van der Waals surface area contributed by atoms with Gasteiger partial charge in [-0.05, 0) is 163 Å². The van der Waals surface area contributed by atoms with E-state index in [4.69, 9.17) is 28.4 Å². The maximum atomic E-state index is 14.1. The van der Waals surface area contributed by atoms with E-state index in [0.717, 1.165) is 49.0 Å². The van der Waals surface area contributed by atoms with Crippen molar-refractivity contribution < 1.29 is 57.2 Å². The Morgan fingerprint density at radius 3 is 0.753 bits per heavy atom. The van der Waals surface area contributed by atoms with Crippen LogP contribution in [-0.4, -0.2) is 71.9 Å². The molecule has 9 aromatic rings. The number of hydrogen-bond acceptors (Lipinski definition) is 12. The average Bonchev–Trinajstić information content (AvgIpc) is 3.61. The van der Waals surface area contributed by atoms with E-state index in [0.29, 0.717) is 49.0 Å². The van der Waals surface area contributed by atoms with Crippen molar-refractivity contribution in [3.63, 3.8) is 0 Å². The largest absolute Gasteiger partial charge is 0.462 e. The molecule has 0 amide bonds. The molecule has 416 valence electrons. The zero-order valence-corrected chi connectivity index (χ0v) is 47.5. The summed E-state index contributed by atoms with van der Waals surface area (Å²) >= 11 is 0. The molecule has 0 heterocycles. The van der Waals surface area contributed by atoms with Crippen LogP contribution in [0.15, 0.2) is 146 Å². The predicted octanol–water partition coefficient (Wildman–Crippen LogP) is 14.7. The number of carbonyl (C=O) groups is 6. The molecule has 0 saturated carbocycles. The molecular weight excluding hydrogens is 1020 g/mol. The van der Waals surface area contributed by atoms with Crippen LogP contribution in [0.4, 0.5) is 0 Å². The van der Waals surface area contributed by atoms with Gasteiger partial charge in [-0.2, -0.15) is 0 Å². The number of aryl methyl sites for hydroxylation is 3. The van der Waals surface area contributed by atoms with E-state index in [-0.39, 0.29) is 38.5 Å². The number of carbonyl (C=O) groups excluding carboxylic acids is 6. The molecule has 0 N–H and O–H groups in total. The second-order valence-electron chi connectivity index (χ2n) is 23.3. The van der Waals surface area contributed by atoms with E-state index in [9.17, 15) is 28.8 Å². The number of benzene rings is 9. The SMILES string of the molecule is CC(C)(C)OC(=O)c1c2ccccc2c(CCC(=O)OCC(COC(=O)CCc2c3ccccc3c(C(=O)OC(C)(C)C)c3ccccc23)OC(=O)CCc2c3ccccc3c(C(=O)OC(C)(C)C)c3ccccc23)c2ccccc12. The van der Waals surface area contributed by atoms with Gasteiger partial charge in [0.25, 0.3) is 0 Å². The summed E-state index contributed by atoms with van der Waals surface area (Å²) in [6.07, 6.45) is -0.670. The molecule has 12 nitrogen and oxygen atoms in total. The topological polar surface area (TPSA) is 158 Å². The molecule has 0 unspecified atom stereocenters. The Morgan fingerprint density at radius 2 is 0.531 bits per heavy atom. The van der Waals surface area contributed by atoms with Crippen molar-refractivity contribution in [1.82, 2.24) is 0 Å². The minimum atomic E-state index is -1.18. The molecule has 0 spiro atoms. The van der Waals surface area contributed by atoms with Crippen LogP contribution in [-0.2, 0) is 62.1 Å². The van der Waals surface area contributed by atoms with E-state index in [1.54, 1.807) is 0 Å². The predicted molar refractivity (Wildman–Crippen MR) is 317 cm³/mol. The molecule has 81 heavy (non-hydrogen) atoms. The summed E-state index contributed by atoms with van der Waals surface area (Å²) < 4.78 is 35.4. The maximum Gasteiger partial charge on any atom is 0.339 e. The smallest absolute Gasteiger partial charge is 0.339 e. The second-order valence-corrected chi connectivity index (χ2v) is 23.3. The summed E-state index contributed by atoms with van der Waals surface area (Å²) in [5.74, 6) is -3.13. The Balaban J connectivity index is 0.955. The first kappa shape index (κ1) is 57.1. The maximum absolute atomic E-state index is 14.1. The van der Waals surface area contributed by atoms with Crippen molar-refractivity contribution in [3.05, 3.63) is 179 Å². The summed E-state index contributed by atoms with van der Waals surface area (Å²) in [6, 6.07) is 45.2. The van der Waals surface area contributed by atoms with Gasteiger partial charge in [0.2, 0.25) is 0 Å². The van der Waals surface area contributed by atoms with Crippen molar-refractivity contribution in [2.45, 2.75) is 124 Å². The normalized spacial score (nSPS) is 12.1. The molecule has 12 heteroatoms. The van der Waals surface area contributed by atoms with Gasteiger partial charge >= 0.3 is 35.8 Å². The highest BCUT2D eigenvalue weighted by Crippen LogP contribution is 2.38. The summed E-state index contributed by atoms with van der Waals surface area (Å²) in [4.78, 5) is 83.1. The summed E-state index contributed by atoms with van der Waals surface area (Å²) in [5.41, 5.74) is 1.66. The first-order valence-corrected chi connectivity index (χ1v) is 27.5. The Morgan fingerprint density at radius 1 is 0.321 bits per heavy atom. The monoisotopic (exact) mass is 1090 g/mol. The third-order valence-corrected chi connectivity index (χ3v) is 13.8. The van der Waals surface area contributed by atoms with E-state index >= 15 is 0 Å². The molecule has 0 fully saturated rings. The zero-order chi connectivity index (χ0) is 57.8. The number of ether oxygens (including phenoxy) is 6. The van der Waals surface area contributed by atoms with Crippen LogP contribution in [0.1, 0.15) is 129 Å². The van der Waals surface area contributed by atoms with Gasteiger partial charge in [-0.25, -0.2) is 14.4 Å². The third-order valence-electron chi connectivity index (χ3n) is 13.8. The van der Waals surface area contributed by atoms with Crippen molar-refractivity contribution >= 4 is 100 Å². The number of rotatable bonds is 17. The van der Waals surface area contributed by atoms with Crippen LogP contribution in [0, 0.1) is 0 Å². The first-order valence-electron chi connectivity index (χ1n) is 27.5. The van der Waals surface area contributed by atoms with Crippen LogP contribution in [0.5, 0.6) is 0 Å². The second kappa shape index (κ2) is 23.6. The Bertz CT molecular complexity index is 3580. The molecule has 9 aromatic carbocycles. The van der Waals surface area contributed by atoms with Crippen molar-refractivity contribution in [1.29, 1.82) is 0 Å². The molecular formula is C69H68O12. The van der Waals surface area contributed by atoms with Crippen molar-refractivity contribution in [3.8, 4) is 0 Å². The molecule has 0 radical (unpaired) electrons. The molecule has 0 atom stereocenters. The quantitative estimate of drug-likeness (QED) is 0.0483. The number of hydrogen-bond donors (Lipinski definition) is 0. The molecule has 0 aliphatic carbocycles. The Hall–Kier alpha value is -8.64.